The minimum atomic E-state index is 0. The second-order valence-electron chi connectivity index (χ2n) is 6.19. The Morgan fingerprint density at radius 2 is 2.21 bits per heavy atom. The van der Waals surface area contributed by atoms with Crippen LogP contribution in [-0.4, -0.2) is 37.6 Å². The Bertz CT molecular complexity index is 413. The fraction of sp³-hybridized carbons (Fsp3) is 0.625. The molecule has 0 radical (unpaired) electrons. The molecule has 19 heavy (non-hydrogen) atoms. The van der Waals surface area contributed by atoms with Gasteiger partial charge in [-0.3, -0.25) is 0 Å². The van der Waals surface area contributed by atoms with Crippen molar-refractivity contribution in [1.82, 2.24) is 10.2 Å². The van der Waals surface area contributed by atoms with Gasteiger partial charge in [0.15, 0.2) is 0 Å². The molecule has 1 aromatic rings. The van der Waals surface area contributed by atoms with Crippen molar-refractivity contribution in [2.75, 3.05) is 32.7 Å². The molecule has 3 heteroatoms. The van der Waals surface area contributed by atoms with E-state index >= 15 is 0 Å². The summed E-state index contributed by atoms with van der Waals surface area (Å²) in [5.41, 5.74) is 3.48. The maximum absolute atomic E-state index is 3.53. The summed E-state index contributed by atoms with van der Waals surface area (Å²) in [6.45, 7) is 8.49. The lowest BCUT2D eigenvalue weighted by atomic mass is 9.87. The molecule has 2 aliphatic heterocycles. The molecule has 0 amide bonds. The average Bonchev–Trinajstić information content (AvgIpc) is 2.98. The lowest BCUT2D eigenvalue weighted by molar-refractivity contribution is 0.277. The molecule has 2 heterocycles. The van der Waals surface area contributed by atoms with Crippen LogP contribution in [0.1, 0.15) is 24.0 Å². The summed E-state index contributed by atoms with van der Waals surface area (Å²) in [6.07, 6.45) is 3.98. The number of nitrogens with one attached hydrogen (secondary N) is 1. The lowest BCUT2D eigenvalue weighted by Crippen LogP contribution is -2.30. The van der Waals surface area contributed by atoms with E-state index in [1.807, 2.05) is 0 Å². The molecule has 0 aliphatic carbocycles. The van der Waals surface area contributed by atoms with Gasteiger partial charge in [-0.15, -0.1) is 12.4 Å². The number of likely N-dealkylation sites (tertiary alicyclic amines) is 1. The highest BCUT2D eigenvalue weighted by Crippen LogP contribution is 2.35. The summed E-state index contributed by atoms with van der Waals surface area (Å²) in [4.78, 5) is 2.66. The van der Waals surface area contributed by atoms with Gasteiger partial charge in [0.05, 0.1) is 0 Å². The Balaban J connectivity index is 0.00000133. The van der Waals surface area contributed by atoms with Crippen molar-refractivity contribution in [3.8, 4) is 0 Å². The third kappa shape index (κ3) is 3.50. The second-order valence-corrected chi connectivity index (χ2v) is 6.19. The fourth-order valence-corrected chi connectivity index (χ4v) is 3.52. The predicted octanol–water partition coefficient (Wildman–Crippen LogP) is 2.64. The van der Waals surface area contributed by atoms with Crippen molar-refractivity contribution in [3.05, 3.63) is 35.4 Å². The summed E-state index contributed by atoms with van der Waals surface area (Å²) in [6, 6.07) is 8.94. The first-order chi connectivity index (χ1) is 8.76. The van der Waals surface area contributed by atoms with Crippen LogP contribution in [-0.2, 0) is 6.42 Å². The molecule has 1 spiro atoms. The maximum Gasteiger partial charge on any atom is 0.00512 e. The fourth-order valence-electron chi connectivity index (χ4n) is 3.52. The van der Waals surface area contributed by atoms with Crippen molar-refractivity contribution in [1.29, 1.82) is 0 Å². The van der Waals surface area contributed by atoms with Crippen LogP contribution >= 0.6 is 12.4 Å². The minimum absolute atomic E-state index is 0. The first-order valence-corrected chi connectivity index (χ1v) is 7.24. The van der Waals surface area contributed by atoms with Crippen molar-refractivity contribution < 1.29 is 0 Å². The number of halogens is 1. The van der Waals surface area contributed by atoms with Gasteiger partial charge in [0, 0.05) is 19.6 Å². The third-order valence-electron chi connectivity index (χ3n) is 4.65. The standard InChI is InChI=1S/C16H24N2.ClH/c1-14-3-2-4-15(11-14)5-9-18-10-7-16(13-18)6-8-17-12-16;/h2-4,11,17H,5-10,12-13H2,1H3;1H. The normalized spacial score (nSPS) is 26.8. The quantitative estimate of drug-likeness (QED) is 0.916. The zero-order valence-corrected chi connectivity index (χ0v) is 12.6. The first-order valence-electron chi connectivity index (χ1n) is 7.24. The van der Waals surface area contributed by atoms with Gasteiger partial charge in [0.1, 0.15) is 0 Å². The third-order valence-corrected chi connectivity index (χ3v) is 4.65. The van der Waals surface area contributed by atoms with Crippen LogP contribution < -0.4 is 5.32 Å². The summed E-state index contributed by atoms with van der Waals surface area (Å²) in [5, 5.41) is 3.53. The van der Waals surface area contributed by atoms with E-state index in [0.717, 1.165) is 0 Å². The van der Waals surface area contributed by atoms with Crippen molar-refractivity contribution in [2.24, 2.45) is 5.41 Å². The highest BCUT2D eigenvalue weighted by atomic mass is 35.5. The molecule has 1 N–H and O–H groups in total. The van der Waals surface area contributed by atoms with Crippen molar-refractivity contribution >= 4 is 12.4 Å². The molecule has 2 saturated heterocycles. The molecule has 1 atom stereocenters. The molecule has 1 aromatic carbocycles. The Morgan fingerprint density at radius 1 is 1.32 bits per heavy atom. The lowest BCUT2D eigenvalue weighted by Gasteiger charge is -2.22. The van der Waals surface area contributed by atoms with Crippen LogP contribution in [0.15, 0.2) is 24.3 Å². The van der Waals surface area contributed by atoms with Crippen LogP contribution in [0.3, 0.4) is 0 Å². The number of hydrogen-bond acceptors (Lipinski definition) is 2. The average molecular weight is 281 g/mol. The van der Waals surface area contributed by atoms with Gasteiger partial charge in [0.25, 0.3) is 0 Å². The largest absolute Gasteiger partial charge is 0.316 e. The summed E-state index contributed by atoms with van der Waals surface area (Å²) in [5.74, 6) is 0. The molecular weight excluding hydrogens is 256 g/mol. The Hall–Kier alpha value is -0.570. The van der Waals surface area contributed by atoms with Crippen LogP contribution in [0.25, 0.3) is 0 Å². The monoisotopic (exact) mass is 280 g/mol. The molecule has 106 valence electrons. The van der Waals surface area contributed by atoms with E-state index in [2.05, 4.69) is 41.4 Å². The van der Waals surface area contributed by atoms with Gasteiger partial charge in [-0.05, 0) is 50.3 Å². The van der Waals surface area contributed by atoms with Crippen molar-refractivity contribution in [2.45, 2.75) is 26.2 Å². The smallest absolute Gasteiger partial charge is 0.00512 e. The minimum Gasteiger partial charge on any atom is -0.316 e. The molecular formula is C16H25ClN2. The SMILES string of the molecule is Cc1cccc(CCN2CCC3(CCNC3)C2)c1.Cl. The van der Waals surface area contributed by atoms with E-state index in [-0.39, 0.29) is 12.4 Å². The molecule has 0 bridgehead atoms. The summed E-state index contributed by atoms with van der Waals surface area (Å²) in [7, 11) is 0. The summed E-state index contributed by atoms with van der Waals surface area (Å²) >= 11 is 0. The number of aryl methyl sites for hydroxylation is 1. The van der Waals surface area contributed by atoms with E-state index in [9.17, 15) is 0 Å². The number of rotatable bonds is 3. The van der Waals surface area contributed by atoms with E-state index in [0.29, 0.717) is 5.41 Å². The first kappa shape index (κ1) is 14.8. The Labute approximate surface area is 123 Å². The Kier molecular flexibility index (Phi) is 4.88. The highest BCUT2D eigenvalue weighted by Gasteiger charge is 2.39. The topological polar surface area (TPSA) is 15.3 Å². The molecule has 2 fully saturated rings. The zero-order valence-electron chi connectivity index (χ0n) is 11.8. The molecule has 2 aliphatic rings. The number of nitrogens with zero attached hydrogens (tertiary/aromatic N) is 1. The Morgan fingerprint density at radius 3 is 2.95 bits per heavy atom. The molecule has 0 aromatic heterocycles. The van der Waals surface area contributed by atoms with E-state index in [1.54, 1.807) is 0 Å². The van der Waals surface area contributed by atoms with Crippen LogP contribution in [0.2, 0.25) is 0 Å². The molecule has 3 rings (SSSR count). The number of benzene rings is 1. The van der Waals surface area contributed by atoms with Gasteiger partial charge in [-0.2, -0.15) is 0 Å². The van der Waals surface area contributed by atoms with Gasteiger partial charge >= 0.3 is 0 Å². The highest BCUT2D eigenvalue weighted by molar-refractivity contribution is 5.85. The van der Waals surface area contributed by atoms with Gasteiger partial charge in [-0.1, -0.05) is 29.8 Å². The van der Waals surface area contributed by atoms with Gasteiger partial charge in [-0.25, -0.2) is 0 Å². The van der Waals surface area contributed by atoms with E-state index in [1.165, 1.54) is 63.1 Å². The molecule has 0 saturated carbocycles. The van der Waals surface area contributed by atoms with Gasteiger partial charge in [0.2, 0.25) is 0 Å². The van der Waals surface area contributed by atoms with E-state index < -0.39 is 0 Å². The van der Waals surface area contributed by atoms with Gasteiger partial charge < -0.3 is 10.2 Å². The van der Waals surface area contributed by atoms with Crippen LogP contribution in [0.4, 0.5) is 0 Å². The van der Waals surface area contributed by atoms with Crippen molar-refractivity contribution in [3.63, 3.8) is 0 Å². The van der Waals surface area contributed by atoms with Crippen LogP contribution in [0.5, 0.6) is 0 Å². The maximum atomic E-state index is 3.53. The molecule has 1 unspecified atom stereocenters. The predicted molar refractivity (Wildman–Crippen MR) is 83.1 cm³/mol. The number of hydrogen-bond donors (Lipinski definition) is 1. The summed E-state index contributed by atoms with van der Waals surface area (Å²) < 4.78 is 0. The second kappa shape index (κ2) is 6.25. The van der Waals surface area contributed by atoms with Crippen LogP contribution in [0, 0.1) is 12.3 Å². The molecule has 2 nitrogen and oxygen atoms in total. The van der Waals surface area contributed by atoms with E-state index in [4.69, 9.17) is 0 Å². The zero-order chi connectivity index (χ0) is 12.4.